The summed E-state index contributed by atoms with van der Waals surface area (Å²) in [6.07, 6.45) is -1.18. The summed E-state index contributed by atoms with van der Waals surface area (Å²) in [7, 11) is 0. The van der Waals surface area contributed by atoms with Crippen LogP contribution < -0.4 is 0 Å². The van der Waals surface area contributed by atoms with Crippen LogP contribution in [-0.4, -0.2) is 52.7 Å². The molecule has 2 aliphatic heterocycles. The Kier molecular flexibility index (Phi) is 9.96. The van der Waals surface area contributed by atoms with Crippen LogP contribution in [0.4, 0.5) is 0 Å². The van der Waals surface area contributed by atoms with Gasteiger partial charge >= 0.3 is 5.97 Å². The molecule has 0 aromatic rings. The number of ether oxygens (including phenoxy) is 5. The Balaban J connectivity index is 2.21. The summed E-state index contributed by atoms with van der Waals surface area (Å²) in [4.78, 5) is 11.8. The van der Waals surface area contributed by atoms with E-state index in [0.29, 0.717) is 6.42 Å². The normalized spacial score (nSPS) is 40.6. The molecular weight excluding hydrogens is 481 g/mol. The SMILES string of the molecule is CCC1O[C@@H](O[C@@H]2C(CC)O[C@H](OC(=N)C(Cl)(Cl)Cl)C(C)[C@H]2C)C(OC(C)=O)[C@@H](C)[C@@H]1C. The van der Waals surface area contributed by atoms with Gasteiger partial charge in [0.25, 0.3) is 3.79 Å². The van der Waals surface area contributed by atoms with Crippen LogP contribution in [0.1, 0.15) is 61.3 Å². The van der Waals surface area contributed by atoms with E-state index in [4.69, 9.17) is 63.9 Å². The molecule has 0 amide bonds. The van der Waals surface area contributed by atoms with Crippen molar-refractivity contribution in [1.82, 2.24) is 0 Å². The predicted octanol–water partition coefficient (Wildman–Crippen LogP) is 5.48. The molecule has 0 saturated carbocycles. The maximum Gasteiger partial charge on any atom is 0.303 e. The lowest BCUT2D eigenvalue weighted by Crippen LogP contribution is -2.57. The van der Waals surface area contributed by atoms with Crippen molar-refractivity contribution < 1.29 is 28.5 Å². The van der Waals surface area contributed by atoms with E-state index in [0.717, 1.165) is 6.42 Å². The van der Waals surface area contributed by atoms with Gasteiger partial charge in [-0.2, -0.15) is 0 Å². The molecule has 7 nitrogen and oxygen atoms in total. The topological polar surface area (TPSA) is 87.1 Å². The minimum Gasteiger partial charge on any atom is -0.457 e. The first kappa shape index (κ1) is 27.9. The number of alkyl halides is 3. The predicted molar refractivity (Wildman–Crippen MR) is 124 cm³/mol. The Labute approximate surface area is 206 Å². The lowest BCUT2D eigenvalue weighted by molar-refractivity contribution is -0.327. The first-order valence-corrected chi connectivity index (χ1v) is 12.4. The van der Waals surface area contributed by atoms with Crippen LogP contribution in [0.2, 0.25) is 0 Å². The summed E-state index contributed by atoms with van der Waals surface area (Å²) in [5.74, 6) is -0.757. The fourth-order valence-electron chi connectivity index (χ4n) is 4.46. The fourth-order valence-corrected chi connectivity index (χ4v) is 4.60. The van der Waals surface area contributed by atoms with Crippen LogP contribution in [0.15, 0.2) is 0 Å². The van der Waals surface area contributed by atoms with Gasteiger partial charge in [0.1, 0.15) is 0 Å². The molecule has 2 heterocycles. The average Bonchev–Trinajstić information content (AvgIpc) is 2.71. The fraction of sp³-hybridized carbons (Fsp3) is 0.909. The van der Waals surface area contributed by atoms with Gasteiger partial charge in [-0.3, -0.25) is 10.2 Å². The lowest BCUT2D eigenvalue weighted by atomic mass is 9.81. The van der Waals surface area contributed by atoms with Gasteiger partial charge in [0.15, 0.2) is 12.4 Å². The summed E-state index contributed by atoms with van der Waals surface area (Å²) < 4.78 is 28.1. The van der Waals surface area contributed by atoms with Gasteiger partial charge in [-0.05, 0) is 24.7 Å². The minimum absolute atomic E-state index is 0.0000339. The van der Waals surface area contributed by atoms with Crippen molar-refractivity contribution in [2.45, 2.75) is 102 Å². The molecule has 4 unspecified atom stereocenters. The molecule has 0 aromatic carbocycles. The van der Waals surface area contributed by atoms with Crippen LogP contribution in [0.3, 0.4) is 0 Å². The van der Waals surface area contributed by atoms with Gasteiger partial charge in [0.05, 0.1) is 18.3 Å². The van der Waals surface area contributed by atoms with E-state index in [2.05, 4.69) is 20.8 Å². The van der Waals surface area contributed by atoms with E-state index >= 15 is 0 Å². The highest BCUT2D eigenvalue weighted by molar-refractivity contribution is 6.76. The monoisotopic (exact) mass is 515 g/mol. The molecule has 10 heteroatoms. The van der Waals surface area contributed by atoms with Crippen molar-refractivity contribution in [3.05, 3.63) is 0 Å². The number of halogens is 3. The molecule has 186 valence electrons. The Morgan fingerprint density at radius 1 is 0.844 bits per heavy atom. The largest absolute Gasteiger partial charge is 0.457 e. The van der Waals surface area contributed by atoms with Crippen LogP contribution in [0, 0.1) is 29.1 Å². The van der Waals surface area contributed by atoms with Crippen molar-refractivity contribution in [1.29, 1.82) is 5.41 Å². The molecule has 32 heavy (non-hydrogen) atoms. The van der Waals surface area contributed by atoms with Gasteiger partial charge < -0.3 is 23.7 Å². The third kappa shape index (κ3) is 6.42. The van der Waals surface area contributed by atoms with Crippen molar-refractivity contribution >= 4 is 46.7 Å². The van der Waals surface area contributed by atoms with Gasteiger partial charge in [-0.15, -0.1) is 0 Å². The van der Waals surface area contributed by atoms with Crippen LogP contribution in [-0.2, 0) is 28.5 Å². The zero-order valence-corrected chi connectivity index (χ0v) is 22.0. The molecule has 2 aliphatic rings. The number of hydrogen-bond acceptors (Lipinski definition) is 7. The Bertz CT molecular complexity index is 658. The molecule has 2 fully saturated rings. The van der Waals surface area contributed by atoms with Crippen molar-refractivity contribution in [3.63, 3.8) is 0 Å². The Morgan fingerprint density at radius 2 is 1.38 bits per heavy atom. The van der Waals surface area contributed by atoms with Crippen LogP contribution in [0.25, 0.3) is 0 Å². The average molecular weight is 517 g/mol. The number of esters is 1. The highest BCUT2D eigenvalue weighted by Gasteiger charge is 2.49. The van der Waals surface area contributed by atoms with Gasteiger partial charge in [-0.1, -0.05) is 76.3 Å². The third-order valence-corrected chi connectivity index (χ3v) is 7.37. The molecule has 0 aliphatic carbocycles. The van der Waals surface area contributed by atoms with E-state index in [-0.39, 0.29) is 48.0 Å². The maximum absolute atomic E-state index is 11.8. The zero-order chi connectivity index (χ0) is 24.4. The summed E-state index contributed by atoms with van der Waals surface area (Å²) in [6, 6.07) is 0. The van der Waals surface area contributed by atoms with E-state index in [1.165, 1.54) is 6.92 Å². The molecule has 0 aromatic heterocycles. The quantitative estimate of drug-likeness (QED) is 0.218. The van der Waals surface area contributed by atoms with Crippen LogP contribution >= 0.6 is 34.8 Å². The summed E-state index contributed by atoms with van der Waals surface area (Å²) >= 11 is 17.3. The Hall–Kier alpha value is -0.310. The summed E-state index contributed by atoms with van der Waals surface area (Å²) in [5.41, 5.74) is 0. The second-order valence-electron chi connectivity index (χ2n) is 8.96. The number of hydrogen-bond donors (Lipinski definition) is 1. The number of carbonyl (C=O) groups is 1. The molecule has 0 spiro atoms. The molecular formula is C22H36Cl3NO6. The first-order valence-electron chi connectivity index (χ1n) is 11.3. The van der Waals surface area contributed by atoms with E-state index < -0.39 is 28.4 Å². The standard InChI is InChI=1S/C22H36Cl3NO6/c1-8-15-10(3)11(4)18(28-14(7)27)20(29-15)31-17-12(5)13(6)19(30-16(17)9-2)32-21(26)22(23,24)25/h10-13,15-20,26H,8-9H2,1-7H3/t10-,11-,12+,13?,15?,16?,17-,18?,19+,20-/m0/s1. The first-order chi connectivity index (χ1) is 14.8. The molecule has 10 atom stereocenters. The summed E-state index contributed by atoms with van der Waals surface area (Å²) in [6.45, 7) is 13.6. The van der Waals surface area contributed by atoms with Crippen LogP contribution in [0.5, 0.6) is 0 Å². The highest BCUT2D eigenvalue weighted by atomic mass is 35.6. The second kappa shape index (κ2) is 11.4. The number of rotatable bonds is 6. The minimum atomic E-state index is -1.96. The molecule has 1 N–H and O–H groups in total. The zero-order valence-electron chi connectivity index (χ0n) is 19.8. The number of nitrogens with one attached hydrogen (secondary N) is 1. The molecule has 0 bridgehead atoms. The van der Waals surface area contributed by atoms with Gasteiger partial charge in [0.2, 0.25) is 12.2 Å². The second-order valence-corrected chi connectivity index (χ2v) is 11.2. The van der Waals surface area contributed by atoms with Gasteiger partial charge in [0, 0.05) is 18.8 Å². The maximum atomic E-state index is 11.8. The molecule has 2 saturated heterocycles. The summed E-state index contributed by atoms with van der Waals surface area (Å²) in [5, 5.41) is 7.89. The van der Waals surface area contributed by atoms with Crippen molar-refractivity contribution in [3.8, 4) is 0 Å². The van der Waals surface area contributed by atoms with Crippen molar-refractivity contribution in [2.24, 2.45) is 23.7 Å². The molecule has 2 rings (SSSR count). The number of carbonyl (C=O) groups excluding carboxylic acids is 1. The van der Waals surface area contributed by atoms with E-state index in [1.54, 1.807) is 0 Å². The van der Waals surface area contributed by atoms with E-state index in [1.807, 2.05) is 20.8 Å². The van der Waals surface area contributed by atoms with Gasteiger partial charge in [-0.25, -0.2) is 0 Å². The van der Waals surface area contributed by atoms with E-state index in [9.17, 15) is 4.79 Å². The lowest BCUT2D eigenvalue weighted by Gasteiger charge is -2.49. The van der Waals surface area contributed by atoms with Crippen molar-refractivity contribution in [2.75, 3.05) is 0 Å². The molecule has 0 radical (unpaired) electrons. The smallest absolute Gasteiger partial charge is 0.303 e. The Morgan fingerprint density at radius 3 is 1.88 bits per heavy atom. The third-order valence-electron chi connectivity index (χ3n) is 6.85. The highest BCUT2D eigenvalue weighted by Crippen LogP contribution is 2.40.